The van der Waals surface area contributed by atoms with E-state index in [-0.39, 0.29) is 11.2 Å². The molecule has 0 bridgehead atoms. The molecule has 0 saturated heterocycles. The Morgan fingerprint density at radius 1 is 1.22 bits per heavy atom. The molecule has 7 heteroatoms. The number of thioether (sulfide) groups is 1. The molecule has 1 atom stereocenters. The number of benzene rings is 1. The fraction of sp³-hybridized carbons (Fsp3) is 0.312. The van der Waals surface area contributed by atoms with Crippen LogP contribution in [-0.2, 0) is 4.79 Å². The maximum absolute atomic E-state index is 11.6. The Balaban J connectivity index is 1.69. The van der Waals surface area contributed by atoms with Crippen LogP contribution in [0.1, 0.15) is 31.2 Å². The Morgan fingerprint density at radius 3 is 2.65 bits per heavy atom. The molecule has 1 aliphatic carbocycles. The number of allylic oxidation sites excluding steroid dienone is 2. The number of nitro benzene ring substituents is 1. The van der Waals surface area contributed by atoms with Gasteiger partial charge in [-0.25, -0.2) is 0 Å². The zero-order valence-electron chi connectivity index (χ0n) is 12.3. The van der Waals surface area contributed by atoms with E-state index in [0.717, 1.165) is 30.5 Å². The summed E-state index contributed by atoms with van der Waals surface area (Å²) < 4.78 is 0. The van der Waals surface area contributed by atoms with E-state index in [4.69, 9.17) is 0 Å². The van der Waals surface area contributed by atoms with Gasteiger partial charge in [0.15, 0.2) is 5.50 Å². The number of hydrogen-bond donors (Lipinski definition) is 0. The molecule has 1 aromatic carbocycles. The molecule has 6 nitrogen and oxygen atoms in total. The van der Waals surface area contributed by atoms with Gasteiger partial charge < -0.3 is 4.90 Å². The molecule has 1 aromatic rings. The molecule has 0 radical (unpaired) electrons. The van der Waals surface area contributed by atoms with Crippen molar-refractivity contribution in [3.8, 4) is 0 Å². The smallest absolute Gasteiger partial charge is 0.269 e. The molecule has 0 aromatic heterocycles. The van der Waals surface area contributed by atoms with Crippen molar-refractivity contribution < 1.29 is 9.72 Å². The van der Waals surface area contributed by atoms with E-state index in [2.05, 4.69) is 4.90 Å². The standard InChI is InChI=1S/C16H15N3O3S/c20-10-18-14(11-5-7-12(8-6-11)19(21)22)9-17-13-3-1-2-4-15(13)23-16(17)18/h5-10,16H,1-4H2. The van der Waals surface area contributed by atoms with E-state index in [0.29, 0.717) is 0 Å². The van der Waals surface area contributed by atoms with Gasteiger partial charge in [0, 0.05) is 34.5 Å². The van der Waals surface area contributed by atoms with Crippen molar-refractivity contribution in [1.29, 1.82) is 0 Å². The first-order valence-electron chi connectivity index (χ1n) is 7.56. The van der Waals surface area contributed by atoms with Crippen LogP contribution in [0.25, 0.3) is 5.70 Å². The number of hydrogen-bond acceptors (Lipinski definition) is 5. The molecule has 0 N–H and O–H groups in total. The first-order valence-corrected chi connectivity index (χ1v) is 8.44. The quantitative estimate of drug-likeness (QED) is 0.482. The molecule has 1 amide bonds. The number of nitrogens with zero attached hydrogens (tertiary/aromatic N) is 3. The molecule has 2 aliphatic heterocycles. The zero-order valence-corrected chi connectivity index (χ0v) is 13.2. The van der Waals surface area contributed by atoms with Crippen molar-refractivity contribution in [2.24, 2.45) is 0 Å². The van der Waals surface area contributed by atoms with Crippen LogP contribution in [0.5, 0.6) is 0 Å². The van der Waals surface area contributed by atoms with Gasteiger partial charge in [0.2, 0.25) is 6.41 Å². The molecule has 0 saturated carbocycles. The van der Waals surface area contributed by atoms with Crippen LogP contribution in [0.3, 0.4) is 0 Å². The van der Waals surface area contributed by atoms with Gasteiger partial charge in [-0.3, -0.25) is 19.8 Å². The van der Waals surface area contributed by atoms with Crippen molar-refractivity contribution in [2.75, 3.05) is 0 Å². The van der Waals surface area contributed by atoms with E-state index < -0.39 is 4.92 Å². The number of carbonyl (C=O) groups is 1. The number of non-ortho nitro benzene ring substituents is 1. The van der Waals surface area contributed by atoms with Crippen LogP contribution < -0.4 is 0 Å². The van der Waals surface area contributed by atoms with E-state index in [1.54, 1.807) is 28.8 Å². The molecule has 1 unspecified atom stereocenters. The monoisotopic (exact) mass is 329 g/mol. The molecular weight excluding hydrogens is 314 g/mol. The Bertz CT molecular complexity index is 741. The lowest BCUT2D eigenvalue weighted by Gasteiger charge is -2.24. The number of nitro groups is 1. The minimum Gasteiger partial charge on any atom is -0.319 e. The van der Waals surface area contributed by atoms with Crippen molar-refractivity contribution in [2.45, 2.75) is 31.2 Å². The summed E-state index contributed by atoms with van der Waals surface area (Å²) in [6.45, 7) is 0. The van der Waals surface area contributed by atoms with Gasteiger partial charge in [-0.05, 0) is 37.8 Å². The lowest BCUT2D eigenvalue weighted by atomic mass is 10.0. The first-order chi connectivity index (χ1) is 11.2. The van der Waals surface area contributed by atoms with Crippen molar-refractivity contribution in [3.05, 3.63) is 56.7 Å². The molecule has 0 fully saturated rings. The Morgan fingerprint density at radius 2 is 1.96 bits per heavy atom. The summed E-state index contributed by atoms with van der Waals surface area (Å²) in [5, 5.41) is 10.8. The highest BCUT2D eigenvalue weighted by molar-refractivity contribution is 8.03. The summed E-state index contributed by atoms with van der Waals surface area (Å²) in [4.78, 5) is 27.3. The highest BCUT2D eigenvalue weighted by atomic mass is 32.2. The predicted molar refractivity (Wildman–Crippen MR) is 87.7 cm³/mol. The second-order valence-electron chi connectivity index (χ2n) is 5.76. The van der Waals surface area contributed by atoms with Crippen LogP contribution in [0.15, 0.2) is 41.1 Å². The fourth-order valence-corrected chi connectivity index (χ4v) is 4.75. The van der Waals surface area contributed by atoms with Gasteiger partial charge in [0.25, 0.3) is 5.69 Å². The SMILES string of the molecule is O=CN1C(c2ccc([N+](=O)[O-])cc2)=CN2C3=C(CCCC3)SC12. The lowest BCUT2D eigenvalue weighted by Crippen LogP contribution is -2.32. The summed E-state index contributed by atoms with van der Waals surface area (Å²) in [6.07, 6.45) is 7.40. The highest BCUT2D eigenvalue weighted by Gasteiger charge is 2.42. The minimum absolute atomic E-state index is 0.0409. The van der Waals surface area contributed by atoms with Gasteiger partial charge >= 0.3 is 0 Å². The Hall–Kier alpha value is -2.28. The van der Waals surface area contributed by atoms with Gasteiger partial charge in [0.05, 0.1) is 10.6 Å². The largest absolute Gasteiger partial charge is 0.319 e. The maximum atomic E-state index is 11.6. The Kier molecular flexibility index (Phi) is 3.37. The lowest BCUT2D eigenvalue weighted by molar-refractivity contribution is -0.384. The van der Waals surface area contributed by atoms with Crippen molar-refractivity contribution in [1.82, 2.24) is 9.80 Å². The fourth-order valence-electron chi connectivity index (χ4n) is 3.32. The van der Waals surface area contributed by atoms with Gasteiger partial charge in [-0.2, -0.15) is 0 Å². The summed E-state index contributed by atoms with van der Waals surface area (Å²) in [5.41, 5.74) is 2.95. The number of rotatable bonds is 3. The third-order valence-corrected chi connectivity index (χ3v) is 5.84. The number of amides is 1. The topological polar surface area (TPSA) is 66.7 Å². The van der Waals surface area contributed by atoms with Crippen molar-refractivity contribution in [3.63, 3.8) is 0 Å². The normalized spacial score (nSPS) is 22.8. The van der Waals surface area contributed by atoms with E-state index in [9.17, 15) is 14.9 Å². The average Bonchev–Trinajstić information content (AvgIpc) is 3.10. The van der Waals surface area contributed by atoms with E-state index >= 15 is 0 Å². The van der Waals surface area contributed by atoms with E-state index in [1.165, 1.54) is 35.6 Å². The molecule has 23 heavy (non-hydrogen) atoms. The van der Waals surface area contributed by atoms with Crippen LogP contribution in [0.2, 0.25) is 0 Å². The molecule has 2 heterocycles. The zero-order chi connectivity index (χ0) is 16.0. The van der Waals surface area contributed by atoms with Crippen molar-refractivity contribution >= 4 is 29.6 Å². The highest BCUT2D eigenvalue weighted by Crippen LogP contribution is 2.51. The third kappa shape index (κ3) is 2.23. The number of fused-ring (bicyclic) bond motifs is 2. The van der Waals surface area contributed by atoms with Crippen LogP contribution >= 0.6 is 11.8 Å². The summed E-state index contributed by atoms with van der Waals surface area (Å²) in [5.74, 6) is 0. The molecular formula is C16H15N3O3S. The van der Waals surface area contributed by atoms with E-state index in [1.807, 2.05) is 6.20 Å². The summed E-state index contributed by atoms with van der Waals surface area (Å²) in [7, 11) is 0. The molecule has 118 valence electrons. The summed E-state index contributed by atoms with van der Waals surface area (Å²) in [6, 6.07) is 6.34. The molecule has 4 rings (SSSR count). The van der Waals surface area contributed by atoms with Gasteiger partial charge in [-0.15, -0.1) is 0 Å². The molecule has 0 spiro atoms. The number of carbonyl (C=O) groups excluding carboxylic acids is 1. The van der Waals surface area contributed by atoms with Gasteiger partial charge in [0.1, 0.15) is 0 Å². The second-order valence-corrected chi connectivity index (χ2v) is 6.91. The van der Waals surface area contributed by atoms with Crippen LogP contribution in [0.4, 0.5) is 5.69 Å². The minimum atomic E-state index is -0.419. The Labute approximate surface area is 137 Å². The summed E-state index contributed by atoms with van der Waals surface area (Å²) >= 11 is 1.74. The van der Waals surface area contributed by atoms with Crippen LogP contribution in [0, 0.1) is 10.1 Å². The maximum Gasteiger partial charge on any atom is 0.269 e. The average molecular weight is 329 g/mol. The second kappa shape index (κ2) is 5.42. The molecule has 3 aliphatic rings. The van der Waals surface area contributed by atoms with Crippen LogP contribution in [-0.4, -0.2) is 26.6 Å². The van der Waals surface area contributed by atoms with Gasteiger partial charge in [-0.1, -0.05) is 11.8 Å². The third-order valence-electron chi connectivity index (χ3n) is 4.45. The predicted octanol–water partition coefficient (Wildman–Crippen LogP) is 3.48. The first kappa shape index (κ1) is 14.3.